The van der Waals surface area contributed by atoms with E-state index >= 15 is 0 Å². The SMILES string of the molecule is COc1cc2ncnc(C3CCN(CCP(=O)([O-])O)CC3)c2cc1OC. The van der Waals surface area contributed by atoms with Crippen LogP contribution in [0.2, 0.25) is 0 Å². The van der Waals surface area contributed by atoms with Crippen molar-refractivity contribution in [3.63, 3.8) is 0 Å². The van der Waals surface area contributed by atoms with E-state index in [1.807, 2.05) is 12.1 Å². The van der Waals surface area contributed by atoms with Crippen LogP contribution in [0.15, 0.2) is 18.5 Å². The zero-order valence-electron chi connectivity index (χ0n) is 14.9. The van der Waals surface area contributed by atoms with Gasteiger partial charge in [0, 0.05) is 30.1 Å². The first-order chi connectivity index (χ1) is 12.4. The van der Waals surface area contributed by atoms with Gasteiger partial charge in [0.05, 0.1) is 25.4 Å². The van der Waals surface area contributed by atoms with Crippen LogP contribution in [0, 0.1) is 0 Å². The van der Waals surface area contributed by atoms with Crippen LogP contribution in [0.5, 0.6) is 11.5 Å². The fourth-order valence-corrected chi connectivity index (χ4v) is 3.96. The molecule has 9 heteroatoms. The van der Waals surface area contributed by atoms with Gasteiger partial charge in [-0.25, -0.2) is 9.97 Å². The van der Waals surface area contributed by atoms with Crippen LogP contribution in [0.3, 0.4) is 0 Å². The number of hydrogen-bond acceptors (Lipinski definition) is 7. The van der Waals surface area contributed by atoms with Crippen molar-refractivity contribution in [3.8, 4) is 11.5 Å². The molecule has 0 aliphatic carbocycles. The van der Waals surface area contributed by atoms with Gasteiger partial charge in [0.15, 0.2) is 11.5 Å². The number of fused-ring (bicyclic) bond motifs is 1. The van der Waals surface area contributed by atoms with Gasteiger partial charge in [0.2, 0.25) is 0 Å². The van der Waals surface area contributed by atoms with Crippen LogP contribution in [0.4, 0.5) is 0 Å². The molecule has 2 heterocycles. The Labute approximate surface area is 152 Å². The number of hydrogen-bond donors (Lipinski definition) is 1. The lowest BCUT2D eigenvalue weighted by Gasteiger charge is -2.33. The van der Waals surface area contributed by atoms with Crippen molar-refractivity contribution in [3.05, 3.63) is 24.2 Å². The molecule has 26 heavy (non-hydrogen) atoms. The highest BCUT2D eigenvalue weighted by molar-refractivity contribution is 7.50. The second kappa shape index (κ2) is 7.88. The average molecular weight is 380 g/mol. The van der Waals surface area contributed by atoms with Crippen LogP contribution in [0.1, 0.15) is 24.5 Å². The molecule has 3 rings (SSSR count). The molecule has 1 aliphatic heterocycles. The molecule has 1 N–H and O–H groups in total. The fraction of sp³-hybridized carbons (Fsp3) is 0.529. The Bertz CT molecular complexity index is 817. The molecule has 2 aromatic rings. The average Bonchev–Trinajstić information content (AvgIpc) is 2.64. The number of aromatic nitrogens is 2. The van der Waals surface area contributed by atoms with E-state index in [0.717, 1.165) is 42.5 Å². The molecule has 1 aliphatic rings. The van der Waals surface area contributed by atoms with E-state index in [-0.39, 0.29) is 12.1 Å². The lowest BCUT2D eigenvalue weighted by molar-refractivity contribution is -0.193. The molecule has 8 nitrogen and oxygen atoms in total. The van der Waals surface area contributed by atoms with Crippen LogP contribution < -0.4 is 14.4 Å². The van der Waals surface area contributed by atoms with Gasteiger partial charge in [-0.1, -0.05) is 0 Å². The van der Waals surface area contributed by atoms with Gasteiger partial charge in [-0.15, -0.1) is 0 Å². The largest absolute Gasteiger partial charge is 0.779 e. The molecule has 1 fully saturated rings. The van der Waals surface area contributed by atoms with Crippen molar-refractivity contribution >= 4 is 18.5 Å². The van der Waals surface area contributed by atoms with Crippen LogP contribution in [-0.4, -0.2) is 59.8 Å². The highest BCUT2D eigenvalue weighted by Gasteiger charge is 2.24. The number of ether oxygens (including phenoxy) is 2. The number of methoxy groups -OCH3 is 2. The minimum absolute atomic E-state index is 0.203. The quantitative estimate of drug-likeness (QED) is 0.749. The van der Waals surface area contributed by atoms with E-state index < -0.39 is 7.60 Å². The summed E-state index contributed by atoms with van der Waals surface area (Å²) < 4.78 is 21.7. The molecule has 0 radical (unpaired) electrons. The Morgan fingerprint density at radius 2 is 1.88 bits per heavy atom. The molecule has 1 aromatic carbocycles. The van der Waals surface area contributed by atoms with E-state index in [2.05, 4.69) is 14.9 Å². The summed E-state index contributed by atoms with van der Waals surface area (Å²) in [5.41, 5.74) is 1.79. The molecule has 1 unspecified atom stereocenters. The zero-order valence-corrected chi connectivity index (χ0v) is 15.8. The zero-order chi connectivity index (χ0) is 18.7. The number of rotatable bonds is 6. The lowest BCUT2D eigenvalue weighted by atomic mass is 9.91. The maximum atomic E-state index is 10.9. The summed E-state index contributed by atoms with van der Waals surface area (Å²) in [5, 5.41) is 0.947. The topological polar surface area (TPSA) is 108 Å². The Balaban J connectivity index is 1.78. The second-order valence-corrected chi connectivity index (χ2v) is 8.18. The van der Waals surface area contributed by atoms with Crippen LogP contribution in [-0.2, 0) is 4.57 Å². The Morgan fingerprint density at radius 1 is 1.23 bits per heavy atom. The van der Waals surface area contributed by atoms with Crippen molar-refractivity contribution in [2.24, 2.45) is 0 Å². The first-order valence-corrected chi connectivity index (χ1v) is 10.3. The monoisotopic (exact) mass is 380 g/mol. The van der Waals surface area contributed by atoms with Crippen molar-refractivity contribution in [2.45, 2.75) is 18.8 Å². The highest BCUT2D eigenvalue weighted by atomic mass is 31.2. The summed E-state index contributed by atoms with van der Waals surface area (Å²) in [4.78, 5) is 30.8. The highest BCUT2D eigenvalue weighted by Crippen LogP contribution is 2.37. The van der Waals surface area contributed by atoms with E-state index in [1.165, 1.54) is 0 Å². The maximum Gasteiger partial charge on any atom is 0.162 e. The third-order valence-electron chi connectivity index (χ3n) is 4.84. The first-order valence-electron chi connectivity index (χ1n) is 8.53. The number of likely N-dealkylation sites (tertiary alicyclic amines) is 1. The predicted molar refractivity (Wildman–Crippen MR) is 95.7 cm³/mol. The van der Waals surface area contributed by atoms with Crippen LogP contribution >= 0.6 is 7.60 Å². The molecular weight excluding hydrogens is 357 g/mol. The van der Waals surface area contributed by atoms with E-state index in [0.29, 0.717) is 18.0 Å². The third-order valence-corrected chi connectivity index (χ3v) is 5.61. The van der Waals surface area contributed by atoms with Gasteiger partial charge in [0.1, 0.15) is 13.9 Å². The molecule has 0 spiro atoms. The molecule has 1 aromatic heterocycles. The Hall–Kier alpha value is -1.73. The summed E-state index contributed by atoms with van der Waals surface area (Å²) in [5.74, 6) is 1.54. The molecular formula is C17H23N3O5P-. The third kappa shape index (κ3) is 4.32. The standard InChI is InChI=1S/C17H24N3O5P/c1-24-15-9-13-14(10-16(15)25-2)18-11-19-17(13)12-3-5-20(6-4-12)7-8-26(21,22)23/h9-12H,3-8H2,1-2H3,(H2,21,22,23)/p-1. The van der Waals surface area contributed by atoms with E-state index in [9.17, 15) is 9.46 Å². The van der Waals surface area contributed by atoms with Gasteiger partial charge in [-0.2, -0.15) is 0 Å². The molecule has 1 saturated heterocycles. The maximum absolute atomic E-state index is 10.9. The normalized spacial score (nSPS) is 18.6. The van der Waals surface area contributed by atoms with Crippen LogP contribution in [0.25, 0.3) is 10.9 Å². The van der Waals surface area contributed by atoms with Crippen molar-refractivity contribution in [2.75, 3.05) is 40.0 Å². The minimum atomic E-state index is -4.19. The fourth-order valence-electron chi connectivity index (χ4n) is 3.43. The van der Waals surface area contributed by atoms with E-state index in [4.69, 9.17) is 14.4 Å². The van der Waals surface area contributed by atoms with Crippen molar-refractivity contribution in [1.29, 1.82) is 0 Å². The van der Waals surface area contributed by atoms with Crippen molar-refractivity contribution in [1.82, 2.24) is 14.9 Å². The summed E-state index contributed by atoms with van der Waals surface area (Å²) in [7, 11) is -1.00. The number of nitrogens with zero attached hydrogens (tertiary/aromatic N) is 3. The summed E-state index contributed by atoms with van der Waals surface area (Å²) >= 11 is 0. The first kappa shape index (κ1) is 19.0. The van der Waals surface area contributed by atoms with Gasteiger partial charge in [-0.3, -0.25) is 0 Å². The molecule has 0 bridgehead atoms. The van der Waals surface area contributed by atoms with Crippen molar-refractivity contribution < 1.29 is 23.8 Å². The van der Waals surface area contributed by atoms with Gasteiger partial charge >= 0.3 is 0 Å². The predicted octanol–water partition coefficient (Wildman–Crippen LogP) is 1.37. The molecule has 1 atom stereocenters. The van der Waals surface area contributed by atoms with E-state index in [1.54, 1.807) is 20.5 Å². The number of benzene rings is 1. The Morgan fingerprint density at radius 3 is 2.50 bits per heavy atom. The lowest BCUT2D eigenvalue weighted by Crippen LogP contribution is -2.35. The Kier molecular flexibility index (Phi) is 5.77. The summed E-state index contributed by atoms with van der Waals surface area (Å²) in [6.07, 6.45) is 3.10. The van der Waals surface area contributed by atoms with Gasteiger partial charge in [-0.05, 0) is 32.0 Å². The molecule has 0 saturated carbocycles. The summed E-state index contributed by atoms with van der Waals surface area (Å²) in [6, 6.07) is 3.76. The summed E-state index contributed by atoms with van der Waals surface area (Å²) in [6.45, 7) is 1.90. The second-order valence-electron chi connectivity index (χ2n) is 6.46. The minimum Gasteiger partial charge on any atom is -0.779 e. The number of piperidine rings is 1. The smallest absolute Gasteiger partial charge is 0.162 e. The molecule has 142 valence electrons. The van der Waals surface area contributed by atoms with Gasteiger partial charge < -0.3 is 28.7 Å². The van der Waals surface area contributed by atoms with Gasteiger partial charge in [0.25, 0.3) is 0 Å². The molecule has 0 amide bonds.